The van der Waals surface area contributed by atoms with Crippen LogP contribution in [0.3, 0.4) is 0 Å². The highest BCUT2D eigenvalue weighted by Gasteiger charge is 2.52. The van der Waals surface area contributed by atoms with Gasteiger partial charge in [-0.05, 0) is 107 Å². The molecule has 3 aliphatic rings. The van der Waals surface area contributed by atoms with Gasteiger partial charge in [0.2, 0.25) is 0 Å². The summed E-state index contributed by atoms with van der Waals surface area (Å²) in [6.45, 7) is 0. The third-order valence-electron chi connectivity index (χ3n) is 12.4. The van der Waals surface area contributed by atoms with Gasteiger partial charge < -0.3 is 9.80 Å². The molecule has 296 valence electrons. The minimum atomic E-state index is -0.649. The summed E-state index contributed by atoms with van der Waals surface area (Å²) >= 11 is 3.73. The van der Waals surface area contributed by atoms with Crippen molar-refractivity contribution in [3.63, 3.8) is 0 Å². The third-order valence-corrected chi connectivity index (χ3v) is 15.0. The molecule has 0 radical (unpaired) electrons. The van der Waals surface area contributed by atoms with Gasteiger partial charge in [0.15, 0.2) is 0 Å². The predicted octanol–water partition coefficient (Wildman–Crippen LogP) is 14.3. The SMILES string of the molecule is c1ccc(N(c2ccccc2)c2cccc(N3c4ccccc4Sc4c3ccc3c4Sc4ccccc4C34c3cccnc3-c3nc(-c5cccc6nccnc56)ccc34)c2)cc1. The Balaban J connectivity index is 1.02. The maximum Gasteiger partial charge on any atom is 0.0980 e. The zero-order valence-electron chi connectivity index (χ0n) is 33.6. The first-order chi connectivity index (χ1) is 31.3. The maximum atomic E-state index is 5.49. The second-order valence-electron chi connectivity index (χ2n) is 15.8. The van der Waals surface area contributed by atoms with Crippen LogP contribution in [0.1, 0.15) is 22.3 Å². The normalized spacial score (nSPS) is 15.2. The predicted molar refractivity (Wildman–Crippen MR) is 255 cm³/mol. The van der Waals surface area contributed by atoms with E-state index in [2.05, 4.69) is 191 Å². The number of aromatic nitrogens is 4. The lowest BCUT2D eigenvalue weighted by Crippen LogP contribution is -2.32. The summed E-state index contributed by atoms with van der Waals surface area (Å²) in [4.78, 5) is 29.6. The van der Waals surface area contributed by atoms with Crippen LogP contribution in [0, 0.1) is 0 Å². The van der Waals surface area contributed by atoms with Gasteiger partial charge in [-0.3, -0.25) is 15.0 Å². The standard InChI is InChI=1S/C55H34N6S2/c1-3-14-35(15-4-1)60(36-16-5-2-6-17-36)37-18-11-19-38(34-37)61-46-24-8-10-26-49(46)63-54-47(61)30-28-43-53(54)62-48-25-9-7-21-40(48)55(43)41-22-13-31-57-51(41)52-42(55)27-29-44(59-52)39-20-12-23-45-50(39)58-33-32-56-45/h1-34H. The number of fused-ring (bicyclic) bond motifs is 13. The molecule has 63 heavy (non-hydrogen) atoms. The van der Waals surface area contributed by atoms with E-state index in [-0.39, 0.29) is 0 Å². The van der Waals surface area contributed by atoms with Crippen LogP contribution in [0.2, 0.25) is 0 Å². The molecule has 3 aromatic heterocycles. The molecule has 1 spiro atoms. The van der Waals surface area contributed by atoms with Crippen molar-refractivity contribution in [2.24, 2.45) is 0 Å². The van der Waals surface area contributed by atoms with Gasteiger partial charge in [-0.2, -0.15) is 0 Å². The molecule has 2 aliphatic heterocycles. The summed E-state index contributed by atoms with van der Waals surface area (Å²) < 4.78 is 0. The fourth-order valence-electron chi connectivity index (χ4n) is 9.88. The van der Waals surface area contributed by atoms with Crippen molar-refractivity contribution in [3.8, 4) is 22.6 Å². The molecule has 0 N–H and O–H groups in total. The van der Waals surface area contributed by atoms with Crippen molar-refractivity contribution in [2.45, 2.75) is 25.0 Å². The van der Waals surface area contributed by atoms with Crippen LogP contribution in [-0.4, -0.2) is 19.9 Å². The van der Waals surface area contributed by atoms with Crippen molar-refractivity contribution >= 4 is 68.7 Å². The van der Waals surface area contributed by atoms with E-state index in [1.54, 1.807) is 12.4 Å². The van der Waals surface area contributed by atoms with E-state index in [4.69, 9.17) is 15.0 Å². The van der Waals surface area contributed by atoms with E-state index < -0.39 is 5.41 Å². The fourth-order valence-corrected chi connectivity index (χ4v) is 12.4. The number of hydrogen-bond acceptors (Lipinski definition) is 8. The molecule has 0 bridgehead atoms. The lowest BCUT2D eigenvalue weighted by Gasteiger charge is -2.42. The van der Waals surface area contributed by atoms with Crippen molar-refractivity contribution in [3.05, 3.63) is 229 Å². The van der Waals surface area contributed by atoms with Crippen LogP contribution in [0.5, 0.6) is 0 Å². The topological polar surface area (TPSA) is 58.0 Å². The average Bonchev–Trinajstić information content (AvgIpc) is 3.63. The molecular formula is C55H34N6S2. The first-order valence-corrected chi connectivity index (χ1v) is 22.6. The molecule has 0 saturated heterocycles. The van der Waals surface area contributed by atoms with Crippen LogP contribution in [0.4, 0.5) is 34.1 Å². The number of nitrogens with zero attached hydrogens (tertiary/aromatic N) is 6. The summed E-state index contributed by atoms with van der Waals surface area (Å²) in [6.07, 6.45) is 5.38. The highest BCUT2D eigenvalue weighted by molar-refractivity contribution is 8.02. The number of para-hydroxylation sites is 4. The zero-order valence-corrected chi connectivity index (χ0v) is 35.3. The van der Waals surface area contributed by atoms with Crippen LogP contribution in [0.25, 0.3) is 33.7 Å². The summed E-state index contributed by atoms with van der Waals surface area (Å²) in [7, 11) is 0. The molecule has 0 saturated carbocycles. The first kappa shape index (κ1) is 36.2. The van der Waals surface area contributed by atoms with E-state index in [1.165, 1.54) is 30.7 Å². The molecule has 13 rings (SSSR count). The molecule has 10 aromatic rings. The molecular weight excluding hydrogens is 809 g/mol. The largest absolute Gasteiger partial charge is 0.310 e. The van der Waals surface area contributed by atoms with E-state index in [1.807, 2.05) is 41.9 Å². The smallest absolute Gasteiger partial charge is 0.0980 e. The Hall–Kier alpha value is -7.52. The van der Waals surface area contributed by atoms with Gasteiger partial charge in [0, 0.05) is 61.6 Å². The molecule has 8 heteroatoms. The first-order valence-electron chi connectivity index (χ1n) is 21.0. The second-order valence-corrected chi connectivity index (χ2v) is 17.9. The Labute approximate surface area is 373 Å². The second kappa shape index (κ2) is 14.3. The van der Waals surface area contributed by atoms with Crippen molar-refractivity contribution in [1.82, 2.24) is 19.9 Å². The minimum Gasteiger partial charge on any atom is -0.310 e. The molecule has 6 nitrogen and oxygen atoms in total. The van der Waals surface area contributed by atoms with Gasteiger partial charge in [0.05, 0.1) is 49.8 Å². The Morgan fingerprint density at radius 1 is 0.444 bits per heavy atom. The summed E-state index contributed by atoms with van der Waals surface area (Å²) in [5.41, 5.74) is 16.1. The Morgan fingerprint density at radius 3 is 1.98 bits per heavy atom. The molecule has 0 amide bonds. The van der Waals surface area contributed by atoms with Crippen LogP contribution < -0.4 is 9.80 Å². The Bertz CT molecular complexity index is 3410. The monoisotopic (exact) mass is 842 g/mol. The molecule has 7 aromatic carbocycles. The van der Waals surface area contributed by atoms with Crippen LogP contribution >= 0.6 is 23.5 Å². The molecule has 1 atom stereocenters. The van der Waals surface area contributed by atoms with Crippen molar-refractivity contribution in [1.29, 1.82) is 0 Å². The summed E-state index contributed by atoms with van der Waals surface area (Å²) in [6, 6.07) is 67.5. The lowest BCUT2D eigenvalue weighted by atomic mass is 9.67. The highest BCUT2D eigenvalue weighted by atomic mass is 32.2. The summed E-state index contributed by atoms with van der Waals surface area (Å²) in [5.74, 6) is 0. The van der Waals surface area contributed by atoms with Gasteiger partial charge in [0.25, 0.3) is 0 Å². The van der Waals surface area contributed by atoms with Gasteiger partial charge in [0.1, 0.15) is 0 Å². The molecule has 1 unspecified atom stereocenters. The maximum absolute atomic E-state index is 5.49. The van der Waals surface area contributed by atoms with Gasteiger partial charge in [-0.15, -0.1) is 0 Å². The van der Waals surface area contributed by atoms with E-state index in [9.17, 15) is 0 Å². The Kier molecular flexibility index (Phi) is 8.19. The number of benzene rings is 7. The van der Waals surface area contributed by atoms with E-state index >= 15 is 0 Å². The quantitative estimate of drug-likeness (QED) is 0.170. The van der Waals surface area contributed by atoms with Gasteiger partial charge in [-0.25, -0.2) is 4.98 Å². The number of anilines is 6. The fraction of sp³-hybridized carbons (Fsp3) is 0.0182. The Morgan fingerprint density at radius 2 is 1.13 bits per heavy atom. The van der Waals surface area contributed by atoms with E-state index in [0.29, 0.717) is 0 Å². The lowest BCUT2D eigenvalue weighted by molar-refractivity contribution is 0.711. The number of hydrogen-bond donors (Lipinski definition) is 0. The number of pyridine rings is 2. The minimum absolute atomic E-state index is 0.649. The van der Waals surface area contributed by atoms with Gasteiger partial charge >= 0.3 is 0 Å². The van der Waals surface area contributed by atoms with Crippen LogP contribution in [0.15, 0.2) is 226 Å². The number of rotatable bonds is 5. The van der Waals surface area contributed by atoms with E-state index in [0.717, 1.165) is 78.9 Å². The highest BCUT2D eigenvalue weighted by Crippen LogP contribution is 2.65. The molecule has 0 fully saturated rings. The van der Waals surface area contributed by atoms with Gasteiger partial charge in [-0.1, -0.05) is 127 Å². The van der Waals surface area contributed by atoms with Crippen molar-refractivity contribution < 1.29 is 0 Å². The van der Waals surface area contributed by atoms with Crippen LogP contribution in [-0.2, 0) is 5.41 Å². The molecule has 1 aliphatic carbocycles. The average molecular weight is 843 g/mol. The summed E-state index contributed by atoms with van der Waals surface area (Å²) in [5, 5.41) is 0. The third kappa shape index (κ3) is 5.41. The molecule has 5 heterocycles. The van der Waals surface area contributed by atoms with Crippen molar-refractivity contribution in [2.75, 3.05) is 9.80 Å². The zero-order chi connectivity index (χ0) is 41.5.